The zero-order chi connectivity index (χ0) is 10.8. The summed E-state index contributed by atoms with van der Waals surface area (Å²) >= 11 is 3.43. The molecule has 0 bridgehead atoms. The Kier molecular flexibility index (Phi) is 3.29. The summed E-state index contributed by atoms with van der Waals surface area (Å²) in [5.74, 6) is 0.816. The first-order chi connectivity index (χ1) is 7.22. The number of nitrogens with one attached hydrogen (secondary N) is 1. The van der Waals surface area contributed by atoms with Gasteiger partial charge in [0.05, 0.1) is 19.3 Å². The zero-order valence-electron chi connectivity index (χ0n) is 8.53. The van der Waals surface area contributed by atoms with Gasteiger partial charge in [-0.3, -0.25) is 0 Å². The van der Waals surface area contributed by atoms with E-state index in [-0.39, 0.29) is 12.1 Å². The first kappa shape index (κ1) is 10.9. The SMILES string of the molecule is COc1ccc(Br)cc1C1NCCC1O. The van der Waals surface area contributed by atoms with Crippen LogP contribution in [0.2, 0.25) is 0 Å². The second kappa shape index (κ2) is 4.51. The van der Waals surface area contributed by atoms with E-state index in [2.05, 4.69) is 21.2 Å². The van der Waals surface area contributed by atoms with Gasteiger partial charge in [-0.05, 0) is 31.2 Å². The maximum Gasteiger partial charge on any atom is 0.123 e. The smallest absolute Gasteiger partial charge is 0.123 e. The number of benzene rings is 1. The van der Waals surface area contributed by atoms with Crippen molar-refractivity contribution in [3.63, 3.8) is 0 Å². The molecule has 1 fully saturated rings. The minimum absolute atomic E-state index is 0.0163. The largest absolute Gasteiger partial charge is 0.496 e. The summed E-state index contributed by atoms with van der Waals surface area (Å²) in [7, 11) is 1.65. The highest BCUT2D eigenvalue weighted by molar-refractivity contribution is 9.10. The second-order valence-corrected chi connectivity index (χ2v) is 4.59. The number of ether oxygens (including phenoxy) is 1. The highest BCUT2D eigenvalue weighted by Gasteiger charge is 2.28. The molecule has 1 aliphatic heterocycles. The highest BCUT2D eigenvalue weighted by Crippen LogP contribution is 2.33. The Morgan fingerprint density at radius 1 is 1.53 bits per heavy atom. The van der Waals surface area contributed by atoms with Crippen molar-refractivity contribution in [2.24, 2.45) is 0 Å². The van der Waals surface area contributed by atoms with Gasteiger partial charge in [-0.1, -0.05) is 15.9 Å². The van der Waals surface area contributed by atoms with Crippen molar-refractivity contribution < 1.29 is 9.84 Å². The molecule has 0 radical (unpaired) electrons. The molecule has 2 rings (SSSR count). The summed E-state index contributed by atoms with van der Waals surface area (Å²) in [6.07, 6.45) is 0.466. The van der Waals surface area contributed by atoms with E-state index in [9.17, 15) is 5.11 Å². The van der Waals surface area contributed by atoms with Crippen LogP contribution in [-0.2, 0) is 0 Å². The fraction of sp³-hybridized carbons (Fsp3) is 0.455. The van der Waals surface area contributed by atoms with Crippen molar-refractivity contribution in [3.8, 4) is 5.75 Å². The van der Waals surface area contributed by atoms with Crippen LogP contribution in [0.4, 0.5) is 0 Å². The molecular weight excluding hydrogens is 258 g/mol. The molecule has 0 aromatic heterocycles. The lowest BCUT2D eigenvalue weighted by Crippen LogP contribution is -2.21. The fourth-order valence-corrected chi connectivity index (χ4v) is 2.33. The van der Waals surface area contributed by atoms with Gasteiger partial charge < -0.3 is 15.2 Å². The monoisotopic (exact) mass is 271 g/mol. The van der Waals surface area contributed by atoms with Gasteiger partial charge in [-0.25, -0.2) is 0 Å². The molecule has 1 heterocycles. The third kappa shape index (κ3) is 2.17. The molecule has 0 amide bonds. The molecule has 2 N–H and O–H groups in total. The van der Waals surface area contributed by atoms with E-state index >= 15 is 0 Å². The van der Waals surface area contributed by atoms with Gasteiger partial charge in [-0.15, -0.1) is 0 Å². The number of aliphatic hydroxyl groups excluding tert-OH is 1. The maximum absolute atomic E-state index is 9.82. The van der Waals surface area contributed by atoms with Gasteiger partial charge >= 0.3 is 0 Å². The quantitative estimate of drug-likeness (QED) is 0.863. The predicted octanol–water partition coefficient (Wildman–Crippen LogP) is 1.85. The number of aliphatic hydroxyl groups is 1. The fourth-order valence-electron chi connectivity index (χ4n) is 1.95. The summed E-state index contributed by atoms with van der Waals surface area (Å²) in [4.78, 5) is 0. The third-order valence-corrected chi connectivity index (χ3v) is 3.21. The van der Waals surface area contributed by atoms with E-state index in [0.29, 0.717) is 0 Å². The second-order valence-electron chi connectivity index (χ2n) is 3.67. The summed E-state index contributed by atoms with van der Waals surface area (Å²) in [5, 5.41) is 13.1. The van der Waals surface area contributed by atoms with Crippen molar-refractivity contribution >= 4 is 15.9 Å². The molecule has 2 atom stereocenters. The lowest BCUT2D eigenvalue weighted by Gasteiger charge is -2.18. The minimum atomic E-state index is -0.326. The Morgan fingerprint density at radius 3 is 2.93 bits per heavy atom. The number of methoxy groups -OCH3 is 1. The molecule has 2 unspecified atom stereocenters. The van der Waals surface area contributed by atoms with E-state index in [1.165, 1.54) is 0 Å². The maximum atomic E-state index is 9.82. The minimum Gasteiger partial charge on any atom is -0.496 e. The first-order valence-electron chi connectivity index (χ1n) is 4.97. The van der Waals surface area contributed by atoms with Crippen molar-refractivity contribution in [2.75, 3.05) is 13.7 Å². The molecule has 1 aliphatic rings. The van der Waals surface area contributed by atoms with E-state index in [1.54, 1.807) is 7.11 Å². The van der Waals surface area contributed by atoms with Crippen LogP contribution >= 0.6 is 15.9 Å². The lowest BCUT2D eigenvalue weighted by atomic mass is 10.0. The van der Waals surface area contributed by atoms with Crippen LogP contribution in [-0.4, -0.2) is 24.9 Å². The molecule has 0 spiro atoms. The Bertz CT molecular complexity index is 356. The average Bonchev–Trinajstić information content (AvgIpc) is 2.64. The van der Waals surface area contributed by atoms with Crippen LogP contribution < -0.4 is 10.1 Å². The predicted molar refractivity (Wildman–Crippen MR) is 62.1 cm³/mol. The van der Waals surface area contributed by atoms with Crippen LogP contribution in [0.15, 0.2) is 22.7 Å². The number of rotatable bonds is 2. The Labute approximate surface area is 97.6 Å². The van der Waals surface area contributed by atoms with Crippen LogP contribution in [0.5, 0.6) is 5.75 Å². The number of hydrogen-bond acceptors (Lipinski definition) is 3. The van der Waals surface area contributed by atoms with Crippen molar-refractivity contribution in [1.82, 2.24) is 5.32 Å². The van der Waals surface area contributed by atoms with Crippen LogP contribution in [0.3, 0.4) is 0 Å². The molecule has 4 heteroatoms. The number of halogens is 1. The summed E-state index contributed by atoms with van der Waals surface area (Å²) in [6, 6.07) is 5.82. The Hall–Kier alpha value is -0.580. The Balaban J connectivity index is 2.36. The molecule has 0 aliphatic carbocycles. The number of hydrogen-bond donors (Lipinski definition) is 2. The lowest BCUT2D eigenvalue weighted by molar-refractivity contribution is 0.158. The van der Waals surface area contributed by atoms with E-state index in [0.717, 1.165) is 28.8 Å². The van der Waals surface area contributed by atoms with Crippen molar-refractivity contribution in [2.45, 2.75) is 18.6 Å². The highest BCUT2D eigenvalue weighted by atomic mass is 79.9. The van der Waals surface area contributed by atoms with Gasteiger partial charge in [0.1, 0.15) is 5.75 Å². The average molecular weight is 272 g/mol. The molecule has 1 aromatic carbocycles. The van der Waals surface area contributed by atoms with E-state index < -0.39 is 0 Å². The molecular formula is C11H14BrNO2. The molecule has 3 nitrogen and oxygen atoms in total. The van der Waals surface area contributed by atoms with Crippen LogP contribution in [0.1, 0.15) is 18.0 Å². The summed E-state index contributed by atoms with van der Waals surface area (Å²) in [5.41, 5.74) is 1.01. The van der Waals surface area contributed by atoms with Gasteiger partial charge in [-0.2, -0.15) is 0 Å². The first-order valence-corrected chi connectivity index (χ1v) is 5.76. The third-order valence-electron chi connectivity index (χ3n) is 2.72. The van der Waals surface area contributed by atoms with Gasteiger partial charge in [0.25, 0.3) is 0 Å². The van der Waals surface area contributed by atoms with Crippen LogP contribution in [0.25, 0.3) is 0 Å². The van der Waals surface area contributed by atoms with Crippen molar-refractivity contribution in [1.29, 1.82) is 0 Å². The van der Waals surface area contributed by atoms with Gasteiger partial charge in [0.2, 0.25) is 0 Å². The Morgan fingerprint density at radius 2 is 2.33 bits per heavy atom. The van der Waals surface area contributed by atoms with Gasteiger partial charge in [0.15, 0.2) is 0 Å². The molecule has 15 heavy (non-hydrogen) atoms. The molecule has 1 aromatic rings. The standard InChI is InChI=1S/C11H14BrNO2/c1-15-10-3-2-7(12)6-8(10)11-9(14)4-5-13-11/h2-3,6,9,11,13-14H,4-5H2,1H3. The summed E-state index contributed by atoms with van der Waals surface area (Å²) < 4.78 is 6.29. The van der Waals surface area contributed by atoms with E-state index in [1.807, 2.05) is 18.2 Å². The van der Waals surface area contributed by atoms with Gasteiger partial charge in [0, 0.05) is 10.0 Å². The normalized spacial score (nSPS) is 25.5. The molecule has 1 saturated heterocycles. The van der Waals surface area contributed by atoms with Crippen molar-refractivity contribution in [3.05, 3.63) is 28.2 Å². The zero-order valence-corrected chi connectivity index (χ0v) is 10.1. The molecule has 82 valence electrons. The van der Waals surface area contributed by atoms with E-state index in [4.69, 9.17) is 4.74 Å². The summed E-state index contributed by atoms with van der Waals surface area (Å²) in [6.45, 7) is 0.849. The molecule has 0 saturated carbocycles. The topological polar surface area (TPSA) is 41.5 Å². The van der Waals surface area contributed by atoms with Crippen LogP contribution in [0, 0.1) is 0 Å².